The molecule has 18 heavy (non-hydrogen) atoms. The van der Waals surface area contributed by atoms with Gasteiger partial charge in [0.1, 0.15) is 4.34 Å². The average Bonchev–Trinajstić information content (AvgIpc) is 2.39. The number of thiophene rings is 1. The fourth-order valence-electron chi connectivity index (χ4n) is 2.24. The van der Waals surface area contributed by atoms with Crippen LogP contribution in [0.15, 0.2) is 6.07 Å². The van der Waals surface area contributed by atoms with Gasteiger partial charge in [-0.2, -0.15) is 0 Å². The van der Waals surface area contributed by atoms with Crippen molar-refractivity contribution in [1.29, 1.82) is 0 Å². The molecule has 1 aromatic heterocycles. The van der Waals surface area contributed by atoms with Gasteiger partial charge in [0.2, 0.25) is 0 Å². The predicted molar refractivity (Wildman–Crippen MR) is 80.0 cm³/mol. The second-order valence-electron chi connectivity index (χ2n) is 6.31. The Hall–Kier alpha value is -0.250. The van der Waals surface area contributed by atoms with Gasteiger partial charge in [-0.3, -0.25) is 4.79 Å². The number of halogens is 2. The van der Waals surface area contributed by atoms with Gasteiger partial charge in [0.15, 0.2) is 0 Å². The van der Waals surface area contributed by atoms with Gasteiger partial charge in [0, 0.05) is 5.54 Å². The maximum absolute atomic E-state index is 12.1. The van der Waals surface area contributed by atoms with Gasteiger partial charge in [0.05, 0.1) is 9.90 Å². The van der Waals surface area contributed by atoms with E-state index in [2.05, 4.69) is 26.1 Å². The van der Waals surface area contributed by atoms with Crippen molar-refractivity contribution >= 4 is 40.4 Å². The number of hydrogen-bond donors (Lipinski definition) is 1. The van der Waals surface area contributed by atoms with Crippen LogP contribution in [0.2, 0.25) is 8.67 Å². The second-order valence-corrected chi connectivity index (χ2v) is 8.60. The molecule has 1 aromatic rings. The Bertz CT molecular complexity index is 446. The number of carbonyl (C=O) groups excluding carboxylic acids is 1. The molecule has 0 aliphatic carbocycles. The quantitative estimate of drug-likeness (QED) is 0.836. The van der Waals surface area contributed by atoms with E-state index < -0.39 is 0 Å². The van der Waals surface area contributed by atoms with Crippen molar-refractivity contribution in [1.82, 2.24) is 5.32 Å². The summed E-state index contributed by atoms with van der Waals surface area (Å²) in [5.74, 6) is -0.169. The van der Waals surface area contributed by atoms with Crippen LogP contribution in [0.25, 0.3) is 0 Å². The third kappa shape index (κ3) is 4.79. The lowest BCUT2D eigenvalue weighted by Gasteiger charge is -2.33. The largest absolute Gasteiger partial charge is 0.347 e. The molecule has 0 unspecified atom stereocenters. The van der Waals surface area contributed by atoms with Crippen LogP contribution in [0.3, 0.4) is 0 Å². The van der Waals surface area contributed by atoms with Crippen LogP contribution in [-0.4, -0.2) is 11.4 Å². The van der Waals surface area contributed by atoms with E-state index in [9.17, 15) is 4.79 Å². The highest BCUT2D eigenvalue weighted by molar-refractivity contribution is 7.20. The smallest absolute Gasteiger partial charge is 0.254 e. The zero-order chi connectivity index (χ0) is 14.1. The Morgan fingerprint density at radius 1 is 1.28 bits per heavy atom. The third-order valence-corrected chi connectivity index (χ3v) is 3.81. The Morgan fingerprint density at radius 3 is 2.22 bits per heavy atom. The summed E-state index contributed by atoms with van der Waals surface area (Å²) >= 11 is 13.0. The number of carbonyl (C=O) groups is 1. The van der Waals surface area contributed by atoms with Crippen LogP contribution in [0, 0.1) is 5.41 Å². The highest BCUT2D eigenvalue weighted by Gasteiger charge is 2.28. The molecule has 0 spiro atoms. The first-order chi connectivity index (χ1) is 8.00. The standard InChI is InChI=1S/C13H19Cl2NOS/c1-12(2,3)7-13(4,5)16-11(17)8-6-9(14)18-10(8)15/h6H,7H2,1-5H3,(H,16,17). The summed E-state index contributed by atoms with van der Waals surface area (Å²) in [6.45, 7) is 10.5. The molecule has 0 saturated heterocycles. The van der Waals surface area contributed by atoms with E-state index >= 15 is 0 Å². The summed E-state index contributed by atoms with van der Waals surface area (Å²) < 4.78 is 0.961. The van der Waals surface area contributed by atoms with Gasteiger partial charge in [-0.25, -0.2) is 0 Å². The number of rotatable bonds is 3. The summed E-state index contributed by atoms with van der Waals surface area (Å²) in [5.41, 5.74) is 0.314. The Labute approximate surface area is 123 Å². The number of nitrogens with one attached hydrogen (secondary N) is 1. The minimum Gasteiger partial charge on any atom is -0.347 e. The molecule has 1 rings (SSSR count). The molecule has 0 bridgehead atoms. The maximum atomic E-state index is 12.1. The highest BCUT2D eigenvalue weighted by atomic mass is 35.5. The molecular formula is C13H19Cl2NOS. The third-order valence-electron chi connectivity index (χ3n) is 2.33. The Kier molecular flexibility index (Phi) is 4.74. The van der Waals surface area contributed by atoms with E-state index in [1.54, 1.807) is 6.07 Å². The van der Waals surface area contributed by atoms with Crippen LogP contribution in [0.5, 0.6) is 0 Å². The van der Waals surface area contributed by atoms with Crippen LogP contribution >= 0.6 is 34.5 Å². The summed E-state index contributed by atoms with van der Waals surface area (Å²) in [7, 11) is 0. The molecular weight excluding hydrogens is 289 g/mol. The SMILES string of the molecule is CC(C)(C)CC(C)(C)NC(=O)c1cc(Cl)sc1Cl. The van der Waals surface area contributed by atoms with E-state index in [4.69, 9.17) is 23.2 Å². The highest BCUT2D eigenvalue weighted by Crippen LogP contribution is 2.32. The fourth-order valence-corrected chi connectivity index (χ4v) is 3.70. The summed E-state index contributed by atoms with van der Waals surface area (Å²) in [6, 6.07) is 1.61. The van der Waals surface area contributed by atoms with Gasteiger partial charge >= 0.3 is 0 Å². The minimum atomic E-state index is -0.285. The van der Waals surface area contributed by atoms with Crippen molar-refractivity contribution in [2.45, 2.75) is 46.6 Å². The minimum absolute atomic E-state index is 0.146. The van der Waals surface area contributed by atoms with Crippen LogP contribution in [0.4, 0.5) is 0 Å². The number of hydrogen-bond acceptors (Lipinski definition) is 2. The molecule has 5 heteroatoms. The molecule has 0 aromatic carbocycles. The van der Waals surface area contributed by atoms with E-state index in [1.165, 1.54) is 11.3 Å². The normalized spacial score (nSPS) is 12.6. The Morgan fingerprint density at radius 2 is 1.83 bits per heavy atom. The molecule has 0 aliphatic heterocycles. The van der Waals surface area contributed by atoms with Crippen molar-refractivity contribution in [2.24, 2.45) is 5.41 Å². The molecule has 0 radical (unpaired) electrons. The summed E-state index contributed by atoms with van der Waals surface area (Å²) in [4.78, 5) is 12.1. The van der Waals surface area contributed by atoms with Gasteiger partial charge < -0.3 is 5.32 Å². The van der Waals surface area contributed by atoms with E-state index in [-0.39, 0.29) is 16.9 Å². The fraction of sp³-hybridized carbons (Fsp3) is 0.615. The summed E-state index contributed by atoms with van der Waals surface area (Å²) in [5, 5.41) is 3.01. The van der Waals surface area contributed by atoms with Gasteiger partial charge in [0.25, 0.3) is 5.91 Å². The van der Waals surface area contributed by atoms with Gasteiger partial charge in [-0.15, -0.1) is 11.3 Å². The van der Waals surface area contributed by atoms with E-state index in [0.29, 0.717) is 14.2 Å². The number of amides is 1. The molecule has 1 amide bonds. The molecule has 1 N–H and O–H groups in total. The first-order valence-corrected chi connectivity index (χ1v) is 7.35. The van der Waals surface area contributed by atoms with Crippen LogP contribution < -0.4 is 5.32 Å². The molecule has 0 atom stereocenters. The average molecular weight is 308 g/mol. The molecule has 102 valence electrons. The van der Waals surface area contributed by atoms with E-state index in [1.807, 2.05) is 13.8 Å². The van der Waals surface area contributed by atoms with Crippen molar-refractivity contribution in [3.63, 3.8) is 0 Å². The molecule has 2 nitrogen and oxygen atoms in total. The van der Waals surface area contributed by atoms with E-state index in [0.717, 1.165) is 6.42 Å². The van der Waals surface area contributed by atoms with Crippen molar-refractivity contribution in [2.75, 3.05) is 0 Å². The predicted octanol–water partition coefficient (Wildman–Crippen LogP) is 5.00. The van der Waals surface area contributed by atoms with Crippen molar-refractivity contribution < 1.29 is 4.79 Å². The van der Waals surface area contributed by atoms with Crippen LogP contribution in [-0.2, 0) is 0 Å². The molecule has 0 saturated carbocycles. The molecule has 0 fully saturated rings. The van der Waals surface area contributed by atoms with Gasteiger partial charge in [-0.05, 0) is 31.7 Å². The van der Waals surface area contributed by atoms with Gasteiger partial charge in [-0.1, -0.05) is 44.0 Å². The van der Waals surface area contributed by atoms with Crippen LogP contribution in [0.1, 0.15) is 51.4 Å². The first kappa shape index (κ1) is 15.8. The second kappa shape index (κ2) is 5.40. The van der Waals surface area contributed by atoms with Crippen molar-refractivity contribution in [3.8, 4) is 0 Å². The first-order valence-electron chi connectivity index (χ1n) is 5.77. The molecule has 0 aliphatic rings. The summed E-state index contributed by atoms with van der Waals surface area (Å²) in [6.07, 6.45) is 0.876. The zero-order valence-corrected chi connectivity index (χ0v) is 13.7. The maximum Gasteiger partial charge on any atom is 0.254 e. The topological polar surface area (TPSA) is 29.1 Å². The zero-order valence-electron chi connectivity index (χ0n) is 11.4. The van der Waals surface area contributed by atoms with Crippen molar-refractivity contribution in [3.05, 3.63) is 20.3 Å². The lowest BCUT2D eigenvalue weighted by Crippen LogP contribution is -2.45. The lowest BCUT2D eigenvalue weighted by atomic mass is 9.81. The lowest BCUT2D eigenvalue weighted by molar-refractivity contribution is 0.0892. The Balaban J connectivity index is 2.79. The molecule has 1 heterocycles. The monoisotopic (exact) mass is 307 g/mol.